The number of aromatic nitrogens is 2. The van der Waals surface area contributed by atoms with Crippen LogP contribution in [0, 0.1) is 6.92 Å². The third kappa shape index (κ3) is 5.80. The maximum absolute atomic E-state index is 13.3. The average Bonchev–Trinajstić information content (AvgIpc) is 3.16. The molecule has 1 aliphatic rings. The van der Waals surface area contributed by atoms with Crippen molar-refractivity contribution in [1.29, 1.82) is 0 Å². The number of piperidine rings is 1. The van der Waals surface area contributed by atoms with Crippen LogP contribution in [0.3, 0.4) is 0 Å². The highest BCUT2D eigenvalue weighted by atomic mass is 35.5. The summed E-state index contributed by atoms with van der Waals surface area (Å²) in [7, 11) is 0. The predicted octanol–water partition coefficient (Wildman–Crippen LogP) is 6.55. The summed E-state index contributed by atoms with van der Waals surface area (Å²) < 4.78 is 6.94. The van der Waals surface area contributed by atoms with Crippen molar-refractivity contribution in [2.24, 2.45) is 0 Å². The Morgan fingerprint density at radius 3 is 2.28 bits per heavy atom. The first-order chi connectivity index (χ1) is 17.1. The number of ether oxygens (including phenoxy) is 1. The second-order valence-corrected chi connectivity index (χ2v) is 10.3. The SMILES string of the molecule is Cc1c(C(=O)NC2CCN(C(=O)OC(C)C)CC2)nn(-c2ccc(Cl)cc2Cl)c1-c1ccc(Cl)cc1. The molecule has 2 aromatic carbocycles. The van der Waals surface area contributed by atoms with Gasteiger partial charge in [0.05, 0.1) is 22.5 Å². The van der Waals surface area contributed by atoms with Gasteiger partial charge in [0.15, 0.2) is 5.69 Å². The minimum atomic E-state index is -0.322. The Bertz CT molecular complexity index is 1270. The van der Waals surface area contributed by atoms with Crippen molar-refractivity contribution in [3.63, 3.8) is 0 Å². The van der Waals surface area contributed by atoms with Gasteiger partial charge in [-0.15, -0.1) is 0 Å². The molecule has 1 aliphatic heterocycles. The number of nitrogens with zero attached hydrogens (tertiary/aromatic N) is 3. The van der Waals surface area contributed by atoms with Crippen LogP contribution in [-0.2, 0) is 4.74 Å². The number of hydrogen-bond acceptors (Lipinski definition) is 4. The summed E-state index contributed by atoms with van der Waals surface area (Å²) in [4.78, 5) is 27.2. The summed E-state index contributed by atoms with van der Waals surface area (Å²) in [6.45, 7) is 6.53. The van der Waals surface area contributed by atoms with Gasteiger partial charge >= 0.3 is 6.09 Å². The van der Waals surface area contributed by atoms with Gasteiger partial charge in [-0.3, -0.25) is 4.79 Å². The Balaban J connectivity index is 1.60. The van der Waals surface area contributed by atoms with Gasteiger partial charge < -0.3 is 15.0 Å². The second kappa shape index (κ2) is 11.1. The highest BCUT2D eigenvalue weighted by Gasteiger charge is 2.28. The molecule has 0 aliphatic carbocycles. The zero-order valence-electron chi connectivity index (χ0n) is 20.2. The summed E-state index contributed by atoms with van der Waals surface area (Å²) >= 11 is 18.7. The summed E-state index contributed by atoms with van der Waals surface area (Å²) in [5.74, 6) is -0.283. The van der Waals surface area contributed by atoms with Gasteiger partial charge in [0.2, 0.25) is 0 Å². The van der Waals surface area contributed by atoms with E-state index in [2.05, 4.69) is 10.4 Å². The Morgan fingerprint density at radius 1 is 1.03 bits per heavy atom. The normalized spacial score (nSPS) is 14.2. The standard InChI is InChI=1S/C26H27Cl3N4O3/c1-15(2)36-26(35)32-12-10-20(11-13-32)30-25(34)23-16(3)24(17-4-6-18(27)7-5-17)33(31-23)22-9-8-19(28)14-21(22)29/h4-9,14-15,20H,10-13H2,1-3H3,(H,30,34). The molecule has 36 heavy (non-hydrogen) atoms. The maximum atomic E-state index is 13.3. The average molecular weight is 550 g/mol. The van der Waals surface area contributed by atoms with Crippen LogP contribution in [0.25, 0.3) is 16.9 Å². The first-order valence-electron chi connectivity index (χ1n) is 11.7. The van der Waals surface area contributed by atoms with E-state index < -0.39 is 0 Å². The molecule has 2 heterocycles. The summed E-state index contributed by atoms with van der Waals surface area (Å²) in [5.41, 5.74) is 3.18. The van der Waals surface area contributed by atoms with Gasteiger partial charge in [0, 0.05) is 40.3 Å². The highest BCUT2D eigenvalue weighted by Crippen LogP contribution is 2.33. The summed E-state index contributed by atoms with van der Waals surface area (Å²) in [6, 6.07) is 12.4. The number of likely N-dealkylation sites (tertiary alicyclic amines) is 1. The van der Waals surface area contributed by atoms with E-state index in [1.165, 1.54) is 0 Å². The minimum absolute atomic E-state index is 0.0803. The highest BCUT2D eigenvalue weighted by molar-refractivity contribution is 6.35. The largest absolute Gasteiger partial charge is 0.447 e. The Morgan fingerprint density at radius 2 is 1.67 bits per heavy atom. The van der Waals surface area contributed by atoms with Crippen LogP contribution in [0.4, 0.5) is 4.79 Å². The fraction of sp³-hybridized carbons (Fsp3) is 0.346. The molecule has 0 bridgehead atoms. The molecule has 4 rings (SSSR count). The van der Waals surface area contributed by atoms with Crippen molar-refractivity contribution in [3.05, 3.63) is 68.8 Å². The van der Waals surface area contributed by atoms with Crippen LogP contribution >= 0.6 is 34.8 Å². The number of carbonyl (C=O) groups is 2. The molecule has 190 valence electrons. The predicted molar refractivity (Wildman–Crippen MR) is 142 cm³/mol. The van der Waals surface area contributed by atoms with Crippen LogP contribution in [0.5, 0.6) is 0 Å². The first kappa shape index (κ1) is 26.3. The van der Waals surface area contributed by atoms with Gasteiger partial charge in [-0.25, -0.2) is 9.48 Å². The molecule has 2 amide bonds. The van der Waals surface area contributed by atoms with Gasteiger partial charge in [0.25, 0.3) is 5.91 Å². The van der Waals surface area contributed by atoms with Gasteiger partial charge in [0.1, 0.15) is 0 Å². The smallest absolute Gasteiger partial charge is 0.410 e. The summed E-state index contributed by atoms with van der Waals surface area (Å²) in [5, 5.41) is 9.27. The van der Waals surface area contributed by atoms with E-state index in [0.717, 1.165) is 11.3 Å². The van der Waals surface area contributed by atoms with E-state index in [0.29, 0.717) is 57.9 Å². The van der Waals surface area contributed by atoms with E-state index in [4.69, 9.17) is 39.5 Å². The van der Waals surface area contributed by atoms with E-state index in [1.54, 1.807) is 39.9 Å². The number of rotatable bonds is 5. The topological polar surface area (TPSA) is 76.5 Å². The van der Waals surface area contributed by atoms with E-state index in [1.807, 2.05) is 32.9 Å². The van der Waals surface area contributed by atoms with Crippen molar-refractivity contribution in [2.45, 2.75) is 45.8 Å². The van der Waals surface area contributed by atoms with Gasteiger partial charge in [-0.1, -0.05) is 46.9 Å². The molecule has 3 aromatic rings. The lowest BCUT2D eigenvalue weighted by atomic mass is 10.0. The molecule has 0 radical (unpaired) electrons. The quantitative estimate of drug-likeness (QED) is 0.392. The van der Waals surface area contributed by atoms with E-state index in [9.17, 15) is 9.59 Å². The van der Waals surface area contributed by atoms with Crippen LogP contribution < -0.4 is 5.32 Å². The van der Waals surface area contributed by atoms with Crippen molar-refractivity contribution < 1.29 is 14.3 Å². The maximum Gasteiger partial charge on any atom is 0.410 e. The van der Waals surface area contributed by atoms with Crippen molar-refractivity contribution in [1.82, 2.24) is 20.0 Å². The molecule has 0 unspecified atom stereocenters. The molecule has 1 fully saturated rings. The zero-order chi connectivity index (χ0) is 26.0. The van der Waals surface area contributed by atoms with Gasteiger partial charge in [-0.2, -0.15) is 5.10 Å². The third-order valence-electron chi connectivity index (χ3n) is 6.02. The number of nitrogens with one attached hydrogen (secondary N) is 1. The van der Waals surface area contributed by atoms with Crippen LogP contribution in [-0.4, -0.2) is 51.9 Å². The molecule has 0 spiro atoms. The second-order valence-electron chi connectivity index (χ2n) is 9.00. The van der Waals surface area contributed by atoms with Crippen LogP contribution in [0.1, 0.15) is 42.7 Å². The Hall–Kier alpha value is -2.74. The van der Waals surface area contributed by atoms with E-state index >= 15 is 0 Å². The molecular formula is C26H27Cl3N4O3. The lowest BCUT2D eigenvalue weighted by Gasteiger charge is -2.32. The monoisotopic (exact) mass is 548 g/mol. The van der Waals surface area contributed by atoms with Crippen molar-refractivity contribution in [3.8, 4) is 16.9 Å². The van der Waals surface area contributed by atoms with Crippen LogP contribution in [0.2, 0.25) is 15.1 Å². The Kier molecular flexibility index (Phi) is 8.13. The molecule has 10 heteroatoms. The number of carbonyl (C=O) groups excluding carboxylic acids is 2. The minimum Gasteiger partial charge on any atom is -0.447 e. The lowest BCUT2D eigenvalue weighted by Crippen LogP contribution is -2.47. The lowest BCUT2D eigenvalue weighted by molar-refractivity contribution is 0.0667. The fourth-order valence-electron chi connectivity index (χ4n) is 4.22. The molecule has 1 N–H and O–H groups in total. The van der Waals surface area contributed by atoms with Crippen molar-refractivity contribution >= 4 is 46.8 Å². The Labute approximate surface area is 225 Å². The number of hydrogen-bond donors (Lipinski definition) is 1. The van der Waals surface area contributed by atoms with Crippen LogP contribution in [0.15, 0.2) is 42.5 Å². The number of halogens is 3. The molecule has 0 atom stereocenters. The molecular weight excluding hydrogens is 523 g/mol. The van der Waals surface area contributed by atoms with Crippen molar-refractivity contribution in [2.75, 3.05) is 13.1 Å². The molecule has 1 saturated heterocycles. The summed E-state index contributed by atoms with van der Waals surface area (Å²) in [6.07, 6.45) is 0.770. The number of benzene rings is 2. The first-order valence-corrected chi connectivity index (χ1v) is 12.8. The zero-order valence-corrected chi connectivity index (χ0v) is 22.5. The number of amides is 2. The third-order valence-corrected chi connectivity index (χ3v) is 6.81. The molecule has 7 nitrogen and oxygen atoms in total. The fourth-order valence-corrected chi connectivity index (χ4v) is 4.84. The van der Waals surface area contributed by atoms with E-state index in [-0.39, 0.29) is 24.1 Å². The van der Waals surface area contributed by atoms with Gasteiger partial charge in [-0.05, 0) is 63.9 Å². The molecule has 0 saturated carbocycles. The molecule has 1 aromatic heterocycles.